The maximum atomic E-state index is 12.1. The topological polar surface area (TPSA) is 170 Å². The molecule has 4 aliphatic rings. The SMILES string of the molecule is C[C@H](CCC(=O)NCC(=O)O)[C@H]1CCC2C3C(O)C[C@@H]4C[C@H](O)CC[C@]4(C)C3C[C@H](OS(=O)(=O)O)[C@@]21C. The van der Waals surface area contributed by atoms with Crippen LogP contribution in [0, 0.1) is 46.3 Å². The zero-order valence-electron chi connectivity index (χ0n) is 22.0. The third-order valence-corrected chi connectivity index (χ3v) is 11.5. The first-order valence-electron chi connectivity index (χ1n) is 13.7. The number of rotatable bonds is 8. The second-order valence-corrected chi connectivity index (χ2v) is 13.8. The van der Waals surface area contributed by atoms with Crippen LogP contribution in [0.2, 0.25) is 0 Å². The second kappa shape index (κ2) is 10.4. The minimum Gasteiger partial charge on any atom is -0.480 e. The molecule has 0 radical (unpaired) electrons. The molecule has 4 saturated carbocycles. The summed E-state index contributed by atoms with van der Waals surface area (Å²) in [6.07, 6.45) is 3.69. The summed E-state index contributed by atoms with van der Waals surface area (Å²) in [4.78, 5) is 22.9. The van der Waals surface area contributed by atoms with Gasteiger partial charge in [0.1, 0.15) is 6.54 Å². The Morgan fingerprint density at radius 2 is 1.78 bits per heavy atom. The molecule has 4 rings (SSSR count). The van der Waals surface area contributed by atoms with Crippen LogP contribution in [0.1, 0.15) is 78.6 Å². The molecule has 4 aliphatic carbocycles. The minimum absolute atomic E-state index is 0.00313. The van der Waals surface area contributed by atoms with E-state index in [0.717, 1.165) is 19.3 Å². The lowest BCUT2D eigenvalue weighted by molar-refractivity contribution is -0.202. The molecule has 11 atom stereocenters. The summed E-state index contributed by atoms with van der Waals surface area (Å²) in [5.41, 5.74) is -0.788. The van der Waals surface area contributed by atoms with E-state index in [1.807, 2.05) is 13.8 Å². The molecule has 0 saturated heterocycles. The predicted molar refractivity (Wildman–Crippen MR) is 133 cm³/mol. The van der Waals surface area contributed by atoms with E-state index >= 15 is 0 Å². The molecule has 1 amide bonds. The lowest BCUT2D eigenvalue weighted by Gasteiger charge is -2.63. The maximum absolute atomic E-state index is 12.1. The van der Waals surface area contributed by atoms with Crippen LogP contribution in [0.4, 0.5) is 0 Å². The predicted octanol–water partition coefficient (Wildman–Crippen LogP) is 2.39. The van der Waals surface area contributed by atoms with E-state index in [4.69, 9.17) is 9.29 Å². The Balaban J connectivity index is 1.61. The smallest absolute Gasteiger partial charge is 0.397 e. The molecule has 0 bridgehead atoms. The molecular formula is C26H43NO9S. The fourth-order valence-electron chi connectivity index (χ4n) is 9.22. The zero-order chi connectivity index (χ0) is 27.3. The van der Waals surface area contributed by atoms with Gasteiger partial charge in [-0.1, -0.05) is 20.8 Å². The maximum Gasteiger partial charge on any atom is 0.397 e. The van der Waals surface area contributed by atoms with Gasteiger partial charge in [-0.15, -0.1) is 0 Å². The van der Waals surface area contributed by atoms with Crippen molar-refractivity contribution in [1.29, 1.82) is 0 Å². The average molecular weight is 546 g/mol. The molecule has 0 heterocycles. The van der Waals surface area contributed by atoms with Crippen LogP contribution in [0.25, 0.3) is 0 Å². The highest BCUT2D eigenvalue weighted by atomic mass is 32.3. The van der Waals surface area contributed by atoms with Gasteiger partial charge in [-0.25, -0.2) is 4.18 Å². The molecule has 0 aromatic carbocycles. The van der Waals surface area contributed by atoms with Crippen molar-refractivity contribution in [2.24, 2.45) is 46.3 Å². The molecule has 37 heavy (non-hydrogen) atoms. The average Bonchev–Trinajstić information content (AvgIpc) is 3.15. The molecule has 0 spiro atoms. The number of carbonyl (C=O) groups is 2. The third kappa shape index (κ3) is 5.44. The molecule has 0 aliphatic heterocycles. The van der Waals surface area contributed by atoms with E-state index in [2.05, 4.69) is 12.2 Å². The first kappa shape index (κ1) is 28.7. The van der Waals surface area contributed by atoms with Crippen molar-refractivity contribution in [2.45, 2.75) is 96.9 Å². The van der Waals surface area contributed by atoms with Gasteiger partial charge in [0.25, 0.3) is 0 Å². The molecule has 4 unspecified atom stereocenters. The van der Waals surface area contributed by atoms with Gasteiger partial charge in [0.2, 0.25) is 5.91 Å². The molecule has 0 aromatic heterocycles. The summed E-state index contributed by atoms with van der Waals surface area (Å²) in [7, 11) is -4.72. The lowest BCUT2D eigenvalue weighted by Crippen LogP contribution is -2.63. The van der Waals surface area contributed by atoms with Crippen LogP contribution in [0.3, 0.4) is 0 Å². The molecule has 4 fully saturated rings. The fraction of sp³-hybridized carbons (Fsp3) is 0.923. The van der Waals surface area contributed by atoms with Gasteiger partial charge >= 0.3 is 16.4 Å². The summed E-state index contributed by atoms with van der Waals surface area (Å²) in [5, 5.41) is 32.9. The molecule has 5 N–H and O–H groups in total. The van der Waals surface area contributed by atoms with Crippen molar-refractivity contribution in [1.82, 2.24) is 5.32 Å². The Bertz CT molecular complexity index is 989. The minimum atomic E-state index is -4.72. The Labute approximate surface area is 219 Å². The van der Waals surface area contributed by atoms with Crippen LogP contribution < -0.4 is 5.32 Å². The summed E-state index contributed by atoms with van der Waals surface area (Å²) in [6, 6.07) is 0. The van der Waals surface area contributed by atoms with Gasteiger partial charge < -0.3 is 20.6 Å². The number of carboxylic acid groups (broad SMARTS) is 1. The number of aliphatic hydroxyl groups excluding tert-OH is 2. The van der Waals surface area contributed by atoms with Gasteiger partial charge in [0.05, 0.1) is 18.3 Å². The highest BCUT2D eigenvalue weighted by Gasteiger charge is 2.66. The van der Waals surface area contributed by atoms with Crippen molar-refractivity contribution >= 4 is 22.3 Å². The van der Waals surface area contributed by atoms with Gasteiger partial charge in [0.15, 0.2) is 0 Å². The number of amides is 1. The fourth-order valence-corrected chi connectivity index (χ4v) is 9.80. The van der Waals surface area contributed by atoms with Crippen LogP contribution in [0.5, 0.6) is 0 Å². The third-order valence-electron chi connectivity index (χ3n) is 11.0. The Morgan fingerprint density at radius 1 is 1.08 bits per heavy atom. The lowest BCUT2D eigenvalue weighted by atomic mass is 9.43. The monoisotopic (exact) mass is 545 g/mol. The Morgan fingerprint density at radius 3 is 2.43 bits per heavy atom. The summed E-state index contributed by atoms with van der Waals surface area (Å²) in [5.74, 6) is -1.32. The number of aliphatic carboxylic acids is 1. The van der Waals surface area contributed by atoms with E-state index < -0.39 is 40.5 Å². The van der Waals surface area contributed by atoms with Crippen LogP contribution in [-0.2, 0) is 24.2 Å². The van der Waals surface area contributed by atoms with E-state index in [9.17, 15) is 32.8 Å². The van der Waals surface area contributed by atoms with Crippen molar-refractivity contribution < 1.29 is 42.1 Å². The standard InChI is InChI=1S/C26H43NO9S/c1-14(4-7-22(30)27-13-23(31)32)17-5-6-18-24-19(12-21(26(17,18)3)36-37(33,34)35)25(2)9-8-16(28)10-15(25)11-20(24)29/h14-21,24,28-29H,4-13H2,1-3H3,(H,27,30)(H,31,32)(H,33,34,35)/t14-,15+,16-,17-,18?,19?,20?,21+,24?,25+,26-/m1/s1. The molecule has 212 valence electrons. The summed E-state index contributed by atoms with van der Waals surface area (Å²) in [6.45, 7) is 5.83. The van der Waals surface area contributed by atoms with E-state index in [-0.39, 0.29) is 59.4 Å². The number of aliphatic hydroxyl groups is 2. The van der Waals surface area contributed by atoms with Crippen molar-refractivity contribution in [3.05, 3.63) is 0 Å². The first-order chi connectivity index (χ1) is 17.2. The van der Waals surface area contributed by atoms with Crippen LogP contribution in [0.15, 0.2) is 0 Å². The van der Waals surface area contributed by atoms with Crippen LogP contribution >= 0.6 is 0 Å². The molecule has 0 aromatic rings. The number of fused-ring (bicyclic) bond motifs is 5. The number of hydrogen-bond donors (Lipinski definition) is 5. The number of nitrogens with one attached hydrogen (secondary N) is 1. The van der Waals surface area contributed by atoms with Crippen molar-refractivity contribution in [3.8, 4) is 0 Å². The number of carboxylic acids is 1. The number of hydrogen-bond acceptors (Lipinski definition) is 7. The summed E-state index contributed by atoms with van der Waals surface area (Å²) >= 11 is 0. The zero-order valence-corrected chi connectivity index (χ0v) is 22.8. The van der Waals surface area contributed by atoms with Gasteiger partial charge in [0, 0.05) is 11.8 Å². The van der Waals surface area contributed by atoms with Crippen LogP contribution in [-0.4, -0.2) is 65.0 Å². The van der Waals surface area contributed by atoms with E-state index in [1.54, 1.807) is 0 Å². The Kier molecular flexibility index (Phi) is 8.05. The van der Waals surface area contributed by atoms with Crippen molar-refractivity contribution in [2.75, 3.05) is 6.54 Å². The second-order valence-electron chi connectivity index (χ2n) is 12.7. The molecular weight excluding hydrogens is 502 g/mol. The highest BCUT2D eigenvalue weighted by molar-refractivity contribution is 7.80. The number of carbonyl (C=O) groups excluding carboxylic acids is 1. The summed E-state index contributed by atoms with van der Waals surface area (Å²) < 4.78 is 39.3. The first-order valence-corrected chi connectivity index (χ1v) is 15.0. The van der Waals surface area contributed by atoms with E-state index in [1.165, 1.54) is 0 Å². The Hall–Kier alpha value is -1.27. The quantitative estimate of drug-likeness (QED) is 0.287. The van der Waals surface area contributed by atoms with Gasteiger partial charge in [-0.05, 0) is 92.3 Å². The van der Waals surface area contributed by atoms with Crippen molar-refractivity contribution in [3.63, 3.8) is 0 Å². The largest absolute Gasteiger partial charge is 0.480 e. The normalized spacial score (nSPS) is 44.3. The van der Waals surface area contributed by atoms with Gasteiger partial charge in [-0.2, -0.15) is 8.42 Å². The van der Waals surface area contributed by atoms with E-state index in [0.29, 0.717) is 32.1 Å². The molecule has 10 nitrogen and oxygen atoms in total. The highest BCUT2D eigenvalue weighted by Crippen LogP contribution is 2.69. The van der Waals surface area contributed by atoms with Gasteiger partial charge in [-0.3, -0.25) is 14.1 Å². The molecule has 11 heteroatoms.